The molecule has 0 aliphatic heterocycles. The van der Waals surface area contributed by atoms with Gasteiger partial charge in [0.25, 0.3) is 5.91 Å². The van der Waals surface area contributed by atoms with E-state index in [2.05, 4.69) is 17.2 Å². The number of pyridine rings is 1. The van der Waals surface area contributed by atoms with Crippen molar-refractivity contribution in [2.45, 2.75) is 37.5 Å². The van der Waals surface area contributed by atoms with Crippen LogP contribution in [0.4, 0.5) is 5.69 Å². The Bertz CT molecular complexity index is 1120. The van der Waals surface area contributed by atoms with Crippen LogP contribution in [-0.2, 0) is 22.9 Å². The molecule has 0 unspecified atom stereocenters. The van der Waals surface area contributed by atoms with Gasteiger partial charge in [0.2, 0.25) is 10.0 Å². The number of nitrogen functional groups attached to an aromatic ring is 1. The van der Waals surface area contributed by atoms with E-state index in [4.69, 9.17) is 10.9 Å². The Morgan fingerprint density at radius 3 is 2.52 bits per heavy atom. The molecule has 0 fully saturated rings. The molecule has 2 heterocycles. The fourth-order valence-corrected chi connectivity index (χ4v) is 4.49. The molecule has 29 heavy (non-hydrogen) atoms. The molecule has 154 valence electrons. The number of nitrogens with one attached hydrogen (secondary N) is 1. The van der Waals surface area contributed by atoms with Crippen molar-refractivity contribution in [2.24, 2.45) is 5.14 Å². The standard InChI is InChI=1S/C20H24N4O3S2/c1-2-3-4-14-7-10-16-17(21)18(28-20(16)24-14)19(25)23-12-11-13-5-8-15(9-6-13)29(22,26)27/h5-10H,2-4,11-12,21H2,1H3,(H,23,25)(H2,22,26,27). The van der Waals surface area contributed by atoms with Crippen molar-refractivity contribution in [3.05, 3.63) is 52.5 Å². The summed E-state index contributed by atoms with van der Waals surface area (Å²) >= 11 is 1.30. The number of primary sulfonamides is 1. The third-order valence-electron chi connectivity index (χ3n) is 4.60. The molecule has 2 aromatic heterocycles. The summed E-state index contributed by atoms with van der Waals surface area (Å²) < 4.78 is 22.6. The van der Waals surface area contributed by atoms with Gasteiger partial charge in [-0.2, -0.15) is 0 Å². The summed E-state index contributed by atoms with van der Waals surface area (Å²) in [6.07, 6.45) is 3.65. The largest absolute Gasteiger partial charge is 0.397 e. The quantitative estimate of drug-likeness (QED) is 0.504. The molecule has 0 aliphatic carbocycles. The number of hydrogen-bond donors (Lipinski definition) is 3. The van der Waals surface area contributed by atoms with Gasteiger partial charge in [-0.15, -0.1) is 11.3 Å². The second-order valence-corrected chi connectivity index (χ2v) is 9.36. The number of carbonyl (C=O) groups excluding carboxylic acids is 1. The lowest BCUT2D eigenvalue weighted by molar-refractivity contribution is 0.0959. The molecular formula is C20H24N4O3S2. The van der Waals surface area contributed by atoms with Gasteiger partial charge in [-0.3, -0.25) is 4.79 Å². The molecule has 7 nitrogen and oxygen atoms in total. The number of fused-ring (bicyclic) bond motifs is 1. The highest BCUT2D eigenvalue weighted by Crippen LogP contribution is 2.32. The zero-order valence-corrected chi connectivity index (χ0v) is 17.8. The zero-order valence-electron chi connectivity index (χ0n) is 16.1. The average molecular weight is 433 g/mol. The topological polar surface area (TPSA) is 128 Å². The van der Waals surface area contributed by atoms with Gasteiger partial charge >= 0.3 is 0 Å². The summed E-state index contributed by atoms with van der Waals surface area (Å²) in [5, 5.41) is 8.76. The predicted molar refractivity (Wildman–Crippen MR) is 116 cm³/mol. The molecule has 0 aliphatic rings. The number of amides is 1. The molecule has 0 saturated carbocycles. The Morgan fingerprint density at radius 2 is 1.86 bits per heavy atom. The fourth-order valence-electron chi connectivity index (χ4n) is 2.95. The van der Waals surface area contributed by atoms with Crippen LogP contribution in [0.3, 0.4) is 0 Å². The zero-order chi connectivity index (χ0) is 21.0. The number of nitrogens with two attached hydrogens (primary N) is 2. The molecule has 5 N–H and O–H groups in total. The van der Waals surface area contributed by atoms with Gasteiger partial charge in [0.15, 0.2) is 0 Å². The van der Waals surface area contributed by atoms with Crippen LogP contribution in [-0.4, -0.2) is 25.9 Å². The third-order valence-corrected chi connectivity index (χ3v) is 6.64. The number of thiophene rings is 1. The van der Waals surface area contributed by atoms with E-state index in [1.54, 1.807) is 12.1 Å². The molecule has 9 heteroatoms. The van der Waals surface area contributed by atoms with Crippen molar-refractivity contribution in [3.63, 3.8) is 0 Å². The Balaban J connectivity index is 1.64. The van der Waals surface area contributed by atoms with E-state index in [1.165, 1.54) is 23.5 Å². The molecule has 3 aromatic rings. The van der Waals surface area contributed by atoms with Crippen molar-refractivity contribution in [1.82, 2.24) is 10.3 Å². The number of carbonyl (C=O) groups is 1. The Morgan fingerprint density at radius 1 is 1.14 bits per heavy atom. The number of unbranched alkanes of at least 4 members (excludes halogenated alkanes) is 1. The first-order chi connectivity index (χ1) is 13.8. The van der Waals surface area contributed by atoms with Crippen LogP contribution in [0.2, 0.25) is 0 Å². The molecule has 1 amide bonds. The highest BCUT2D eigenvalue weighted by atomic mass is 32.2. The minimum Gasteiger partial charge on any atom is -0.397 e. The van der Waals surface area contributed by atoms with Crippen LogP contribution >= 0.6 is 11.3 Å². The number of aromatic nitrogens is 1. The van der Waals surface area contributed by atoms with Crippen LogP contribution in [0.25, 0.3) is 10.2 Å². The van der Waals surface area contributed by atoms with E-state index in [1.807, 2.05) is 12.1 Å². The maximum absolute atomic E-state index is 12.6. The molecule has 0 spiro atoms. The molecule has 0 bridgehead atoms. The van der Waals surface area contributed by atoms with Crippen LogP contribution in [0, 0.1) is 0 Å². The Kier molecular flexibility index (Phi) is 6.51. The maximum atomic E-state index is 12.6. The van der Waals surface area contributed by atoms with E-state index >= 15 is 0 Å². The molecule has 1 aromatic carbocycles. The van der Waals surface area contributed by atoms with E-state index in [0.717, 1.165) is 40.7 Å². The number of aryl methyl sites for hydroxylation is 1. The van der Waals surface area contributed by atoms with E-state index in [-0.39, 0.29) is 10.8 Å². The van der Waals surface area contributed by atoms with Gasteiger partial charge in [-0.05, 0) is 49.1 Å². The summed E-state index contributed by atoms with van der Waals surface area (Å²) in [6.45, 7) is 2.54. The SMILES string of the molecule is CCCCc1ccc2c(N)c(C(=O)NCCc3ccc(S(N)(=O)=O)cc3)sc2n1. The number of anilines is 1. The van der Waals surface area contributed by atoms with Crippen molar-refractivity contribution < 1.29 is 13.2 Å². The number of sulfonamides is 1. The summed E-state index contributed by atoms with van der Waals surface area (Å²) in [7, 11) is -3.70. The van der Waals surface area contributed by atoms with Gasteiger partial charge in [0.05, 0.1) is 10.6 Å². The smallest absolute Gasteiger partial charge is 0.263 e. The predicted octanol–water partition coefficient (Wildman–Crippen LogP) is 2.84. The lowest BCUT2D eigenvalue weighted by Crippen LogP contribution is -2.25. The molecule has 0 atom stereocenters. The van der Waals surface area contributed by atoms with Crippen LogP contribution in [0.1, 0.15) is 40.7 Å². The average Bonchev–Trinajstić information content (AvgIpc) is 3.02. The molecule has 0 radical (unpaired) electrons. The molecule has 3 rings (SSSR count). The molecular weight excluding hydrogens is 408 g/mol. The normalized spacial score (nSPS) is 11.7. The first-order valence-electron chi connectivity index (χ1n) is 9.37. The second-order valence-electron chi connectivity index (χ2n) is 6.80. The van der Waals surface area contributed by atoms with Crippen molar-refractivity contribution >= 4 is 43.2 Å². The number of benzene rings is 1. The van der Waals surface area contributed by atoms with E-state index < -0.39 is 10.0 Å². The number of nitrogens with zero attached hydrogens (tertiary/aromatic N) is 1. The Hall–Kier alpha value is -2.49. The van der Waals surface area contributed by atoms with Crippen LogP contribution in [0.5, 0.6) is 0 Å². The van der Waals surface area contributed by atoms with Gasteiger partial charge in [0.1, 0.15) is 9.71 Å². The lowest BCUT2D eigenvalue weighted by Gasteiger charge is -2.05. The molecule has 0 saturated heterocycles. The van der Waals surface area contributed by atoms with Crippen molar-refractivity contribution in [3.8, 4) is 0 Å². The second kappa shape index (κ2) is 8.89. The highest BCUT2D eigenvalue weighted by molar-refractivity contribution is 7.89. The van der Waals surface area contributed by atoms with Crippen molar-refractivity contribution in [1.29, 1.82) is 0 Å². The van der Waals surface area contributed by atoms with Crippen molar-refractivity contribution in [2.75, 3.05) is 12.3 Å². The first kappa shape index (κ1) is 21.2. The third kappa shape index (κ3) is 5.11. The first-order valence-corrected chi connectivity index (χ1v) is 11.7. The van der Waals surface area contributed by atoms with Crippen LogP contribution < -0.4 is 16.2 Å². The monoisotopic (exact) mass is 432 g/mol. The summed E-state index contributed by atoms with van der Waals surface area (Å²) in [5.74, 6) is -0.234. The van der Waals surface area contributed by atoms with E-state index in [9.17, 15) is 13.2 Å². The Labute approximate surface area is 174 Å². The van der Waals surface area contributed by atoms with Gasteiger partial charge in [-0.1, -0.05) is 25.5 Å². The van der Waals surface area contributed by atoms with E-state index in [0.29, 0.717) is 23.5 Å². The minimum absolute atomic E-state index is 0.0640. The minimum atomic E-state index is -3.70. The number of rotatable bonds is 8. The van der Waals surface area contributed by atoms with Crippen LogP contribution in [0.15, 0.2) is 41.3 Å². The van der Waals surface area contributed by atoms with Gasteiger partial charge in [-0.25, -0.2) is 18.5 Å². The summed E-state index contributed by atoms with van der Waals surface area (Å²) in [6, 6.07) is 10.2. The highest BCUT2D eigenvalue weighted by Gasteiger charge is 2.17. The lowest BCUT2D eigenvalue weighted by atomic mass is 10.1. The summed E-state index contributed by atoms with van der Waals surface area (Å²) in [4.78, 5) is 18.5. The number of hydrogen-bond acceptors (Lipinski definition) is 6. The maximum Gasteiger partial charge on any atom is 0.263 e. The van der Waals surface area contributed by atoms with Gasteiger partial charge in [0, 0.05) is 17.6 Å². The fraction of sp³-hybridized carbons (Fsp3) is 0.300. The van der Waals surface area contributed by atoms with Gasteiger partial charge < -0.3 is 11.1 Å². The summed E-state index contributed by atoms with van der Waals surface area (Å²) in [5.41, 5.74) is 8.53.